The molecule has 0 aromatic rings. The van der Waals surface area contributed by atoms with Gasteiger partial charge in [-0.1, -0.05) is 0 Å². The van der Waals surface area contributed by atoms with Gasteiger partial charge in [0.2, 0.25) is 0 Å². The molecule has 0 aliphatic carbocycles. The van der Waals surface area contributed by atoms with Crippen LogP contribution in [0.1, 0.15) is 13.8 Å². The first kappa shape index (κ1) is 11.6. The molecular weight excluding hydrogens is 186 g/mol. The standard InChI is InChI=1S/C6H12FO4P/c1-3-10-6(8)5-12(7,9)11-4-2/h3-5H2,1-2H3. The fourth-order valence-corrected chi connectivity index (χ4v) is 1.48. The molecule has 0 aliphatic heterocycles. The largest absolute Gasteiger partial charge is 0.465 e. The maximum absolute atomic E-state index is 12.7. The molecule has 0 fully saturated rings. The van der Waals surface area contributed by atoms with Gasteiger partial charge in [0.15, 0.2) is 6.16 Å². The van der Waals surface area contributed by atoms with E-state index >= 15 is 0 Å². The predicted octanol–water partition coefficient (Wildman–Crippen LogP) is 1.75. The second-order valence-corrected chi connectivity index (χ2v) is 3.73. The molecule has 0 saturated carbocycles. The van der Waals surface area contributed by atoms with Gasteiger partial charge in [-0.25, -0.2) is 0 Å². The van der Waals surface area contributed by atoms with Gasteiger partial charge in [0.05, 0.1) is 13.2 Å². The van der Waals surface area contributed by atoms with Gasteiger partial charge in [-0.15, -0.1) is 0 Å². The minimum Gasteiger partial charge on any atom is -0.465 e. The zero-order chi connectivity index (χ0) is 9.61. The van der Waals surface area contributed by atoms with Crippen molar-refractivity contribution in [2.24, 2.45) is 0 Å². The molecule has 0 aliphatic rings. The number of halogens is 1. The minimum absolute atomic E-state index is 0.0207. The van der Waals surface area contributed by atoms with Crippen molar-refractivity contribution >= 4 is 13.6 Å². The molecule has 0 radical (unpaired) electrons. The van der Waals surface area contributed by atoms with Crippen LogP contribution in [0.5, 0.6) is 0 Å². The average Bonchev–Trinajstić information content (AvgIpc) is 1.85. The van der Waals surface area contributed by atoms with Gasteiger partial charge < -0.3 is 9.26 Å². The van der Waals surface area contributed by atoms with Crippen molar-refractivity contribution in [3.8, 4) is 0 Å². The fourth-order valence-electron chi connectivity index (χ4n) is 0.599. The number of carbonyl (C=O) groups excluding carboxylic acids is 1. The van der Waals surface area contributed by atoms with Gasteiger partial charge in [-0.3, -0.25) is 9.36 Å². The van der Waals surface area contributed by atoms with Crippen LogP contribution in [0, 0.1) is 0 Å². The lowest BCUT2D eigenvalue weighted by Crippen LogP contribution is -2.09. The first-order valence-corrected chi connectivity index (χ1v) is 5.30. The number of hydrogen-bond donors (Lipinski definition) is 0. The van der Waals surface area contributed by atoms with Crippen molar-refractivity contribution in [1.29, 1.82) is 0 Å². The summed E-state index contributed by atoms with van der Waals surface area (Å²) in [7, 11) is -4.25. The van der Waals surface area contributed by atoms with Crippen LogP contribution in [-0.2, 0) is 18.6 Å². The second-order valence-electron chi connectivity index (χ2n) is 1.97. The van der Waals surface area contributed by atoms with Crippen LogP contribution >= 0.6 is 7.68 Å². The quantitative estimate of drug-likeness (QED) is 0.498. The maximum Gasteiger partial charge on any atom is 0.378 e. The molecule has 0 aromatic heterocycles. The van der Waals surface area contributed by atoms with Gasteiger partial charge in [0.25, 0.3) is 0 Å². The summed E-state index contributed by atoms with van der Waals surface area (Å²) in [5, 5.41) is 0. The summed E-state index contributed by atoms with van der Waals surface area (Å²) in [6, 6.07) is 0. The molecule has 4 nitrogen and oxygen atoms in total. The van der Waals surface area contributed by atoms with Crippen LogP contribution in [0.25, 0.3) is 0 Å². The molecule has 0 saturated heterocycles. The minimum atomic E-state index is -4.25. The molecule has 1 unspecified atom stereocenters. The normalized spacial score (nSPS) is 15.2. The number of hydrogen-bond acceptors (Lipinski definition) is 4. The van der Waals surface area contributed by atoms with E-state index in [0.29, 0.717) is 0 Å². The Hall–Kier alpha value is -0.410. The van der Waals surface area contributed by atoms with Crippen molar-refractivity contribution in [1.82, 2.24) is 0 Å². The van der Waals surface area contributed by atoms with E-state index in [9.17, 15) is 13.6 Å². The van der Waals surface area contributed by atoms with E-state index in [1.54, 1.807) is 6.92 Å². The zero-order valence-corrected chi connectivity index (χ0v) is 7.97. The fraction of sp³-hybridized carbons (Fsp3) is 0.833. The number of rotatable bonds is 5. The van der Waals surface area contributed by atoms with Crippen molar-refractivity contribution in [2.75, 3.05) is 19.4 Å². The van der Waals surface area contributed by atoms with E-state index < -0.39 is 19.8 Å². The van der Waals surface area contributed by atoms with E-state index in [4.69, 9.17) is 0 Å². The Morgan fingerprint density at radius 2 is 2.00 bits per heavy atom. The van der Waals surface area contributed by atoms with Crippen LogP contribution < -0.4 is 0 Å². The Morgan fingerprint density at radius 3 is 2.42 bits per heavy atom. The van der Waals surface area contributed by atoms with E-state index in [2.05, 4.69) is 9.26 Å². The summed E-state index contributed by atoms with van der Waals surface area (Å²) in [6.07, 6.45) is -0.797. The average molecular weight is 198 g/mol. The maximum atomic E-state index is 12.7. The molecule has 0 aromatic carbocycles. The monoisotopic (exact) mass is 198 g/mol. The lowest BCUT2D eigenvalue weighted by Gasteiger charge is -2.06. The van der Waals surface area contributed by atoms with Crippen molar-refractivity contribution in [2.45, 2.75) is 13.8 Å². The topological polar surface area (TPSA) is 52.6 Å². The molecule has 6 heteroatoms. The Kier molecular flexibility index (Phi) is 5.09. The van der Waals surface area contributed by atoms with Crippen LogP contribution in [0.3, 0.4) is 0 Å². The number of esters is 1. The van der Waals surface area contributed by atoms with Gasteiger partial charge >= 0.3 is 13.6 Å². The molecule has 0 heterocycles. The molecule has 0 N–H and O–H groups in total. The molecular formula is C6H12FO4P. The highest BCUT2D eigenvalue weighted by atomic mass is 31.2. The SMILES string of the molecule is CCOC(=O)CP(=O)(F)OCC. The Balaban J connectivity index is 3.88. The van der Waals surface area contributed by atoms with E-state index in [1.165, 1.54) is 6.92 Å². The summed E-state index contributed by atoms with van der Waals surface area (Å²) in [5.41, 5.74) is 0. The molecule has 0 amide bonds. The highest BCUT2D eigenvalue weighted by Gasteiger charge is 2.26. The molecule has 0 spiro atoms. The highest BCUT2D eigenvalue weighted by molar-refractivity contribution is 7.54. The predicted molar refractivity (Wildman–Crippen MR) is 41.8 cm³/mol. The first-order valence-electron chi connectivity index (χ1n) is 3.60. The van der Waals surface area contributed by atoms with Crippen LogP contribution in [0.4, 0.5) is 4.20 Å². The van der Waals surface area contributed by atoms with E-state index in [-0.39, 0.29) is 13.2 Å². The Bertz CT molecular complexity index is 194. The Morgan fingerprint density at radius 1 is 1.42 bits per heavy atom. The molecule has 12 heavy (non-hydrogen) atoms. The molecule has 0 rings (SSSR count). The van der Waals surface area contributed by atoms with Gasteiger partial charge in [-0.2, -0.15) is 4.20 Å². The van der Waals surface area contributed by atoms with Crippen molar-refractivity contribution in [3.05, 3.63) is 0 Å². The molecule has 0 bridgehead atoms. The highest BCUT2D eigenvalue weighted by Crippen LogP contribution is 2.48. The summed E-state index contributed by atoms with van der Waals surface area (Å²) < 4.78 is 32.0. The second kappa shape index (κ2) is 5.27. The number of carbonyl (C=O) groups is 1. The van der Waals surface area contributed by atoms with Crippen molar-refractivity contribution < 1.29 is 22.8 Å². The number of ether oxygens (including phenoxy) is 1. The molecule has 72 valence electrons. The Labute approximate surface area is 70.6 Å². The van der Waals surface area contributed by atoms with Crippen LogP contribution in [-0.4, -0.2) is 25.3 Å². The summed E-state index contributed by atoms with van der Waals surface area (Å²) in [6.45, 7) is 3.21. The van der Waals surface area contributed by atoms with Gasteiger partial charge in [0, 0.05) is 0 Å². The van der Waals surface area contributed by atoms with Crippen LogP contribution in [0.15, 0.2) is 0 Å². The third-order valence-corrected chi connectivity index (χ3v) is 2.22. The van der Waals surface area contributed by atoms with E-state index in [1.807, 2.05) is 0 Å². The third kappa shape index (κ3) is 5.27. The lowest BCUT2D eigenvalue weighted by molar-refractivity contribution is -0.140. The summed E-state index contributed by atoms with van der Waals surface area (Å²) in [5.74, 6) is -0.836. The van der Waals surface area contributed by atoms with E-state index in [0.717, 1.165) is 0 Å². The zero-order valence-electron chi connectivity index (χ0n) is 7.08. The first-order chi connectivity index (χ1) is 5.52. The summed E-state index contributed by atoms with van der Waals surface area (Å²) in [4.78, 5) is 10.6. The van der Waals surface area contributed by atoms with Crippen molar-refractivity contribution in [3.63, 3.8) is 0 Å². The lowest BCUT2D eigenvalue weighted by atomic mass is 10.8. The van der Waals surface area contributed by atoms with Gasteiger partial charge in [-0.05, 0) is 13.8 Å². The summed E-state index contributed by atoms with van der Waals surface area (Å²) >= 11 is 0. The molecule has 1 atom stereocenters. The third-order valence-electron chi connectivity index (χ3n) is 0.945. The smallest absolute Gasteiger partial charge is 0.378 e. The van der Waals surface area contributed by atoms with Crippen LogP contribution in [0.2, 0.25) is 0 Å². The van der Waals surface area contributed by atoms with Gasteiger partial charge in [0.1, 0.15) is 0 Å².